The molecule has 134 valence electrons. The van der Waals surface area contributed by atoms with Gasteiger partial charge in [0, 0.05) is 19.4 Å². The second kappa shape index (κ2) is 14.2. The molecule has 23 heavy (non-hydrogen) atoms. The van der Waals surface area contributed by atoms with E-state index in [1.807, 2.05) is 25.1 Å². The van der Waals surface area contributed by atoms with Crippen molar-refractivity contribution in [2.75, 3.05) is 20.6 Å². The lowest BCUT2D eigenvalue weighted by molar-refractivity contribution is -0.151. The highest BCUT2D eigenvalue weighted by molar-refractivity contribution is 5.69. The van der Waals surface area contributed by atoms with Crippen molar-refractivity contribution >= 4 is 11.9 Å². The van der Waals surface area contributed by atoms with Crippen molar-refractivity contribution in [3.05, 3.63) is 12.7 Å². The summed E-state index contributed by atoms with van der Waals surface area (Å²) >= 11 is 0. The SMILES string of the molecule is C=CCCCCCCCCC(=O)O[C@H](CCC(=O)O)CN(C)C. The van der Waals surface area contributed by atoms with Gasteiger partial charge in [-0.3, -0.25) is 9.59 Å². The van der Waals surface area contributed by atoms with Crippen LogP contribution in [0.25, 0.3) is 0 Å². The Morgan fingerprint density at radius 3 is 2.26 bits per heavy atom. The van der Waals surface area contributed by atoms with E-state index < -0.39 is 5.97 Å². The number of ether oxygens (including phenoxy) is 1. The predicted molar refractivity (Wildman–Crippen MR) is 92.4 cm³/mol. The van der Waals surface area contributed by atoms with Crippen molar-refractivity contribution in [3.8, 4) is 0 Å². The number of carboxylic acid groups (broad SMARTS) is 1. The van der Waals surface area contributed by atoms with Crippen molar-refractivity contribution in [2.45, 2.75) is 70.3 Å². The Hall–Kier alpha value is -1.36. The molecule has 0 aliphatic rings. The summed E-state index contributed by atoms with van der Waals surface area (Å²) in [6, 6.07) is 0. The van der Waals surface area contributed by atoms with E-state index in [2.05, 4.69) is 6.58 Å². The van der Waals surface area contributed by atoms with E-state index >= 15 is 0 Å². The third-order valence-electron chi connectivity index (χ3n) is 3.59. The lowest BCUT2D eigenvalue weighted by Crippen LogP contribution is -2.31. The zero-order valence-corrected chi connectivity index (χ0v) is 14.8. The minimum absolute atomic E-state index is 0.0243. The number of carbonyl (C=O) groups is 2. The van der Waals surface area contributed by atoms with Gasteiger partial charge in [-0.1, -0.05) is 31.8 Å². The third-order valence-corrected chi connectivity index (χ3v) is 3.59. The molecule has 0 aromatic carbocycles. The molecule has 0 bridgehead atoms. The molecule has 0 radical (unpaired) electrons. The van der Waals surface area contributed by atoms with Crippen molar-refractivity contribution in [2.24, 2.45) is 0 Å². The van der Waals surface area contributed by atoms with Gasteiger partial charge in [0.05, 0.1) is 0 Å². The predicted octanol–water partition coefficient (Wildman–Crippen LogP) is 3.63. The van der Waals surface area contributed by atoms with Crippen LogP contribution in [0.2, 0.25) is 0 Å². The molecule has 0 fully saturated rings. The molecule has 0 amide bonds. The average Bonchev–Trinajstić information content (AvgIpc) is 2.47. The van der Waals surface area contributed by atoms with Crippen LogP contribution >= 0.6 is 0 Å². The summed E-state index contributed by atoms with van der Waals surface area (Å²) in [5.41, 5.74) is 0. The maximum Gasteiger partial charge on any atom is 0.306 e. The van der Waals surface area contributed by atoms with Gasteiger partial charge >= 0.3 is 11.9 Å². The molecule has 0 saturated heterocycles. The molecule has 1 atom stereocenters. The van der Waals surface area contributed by atoms with Gasteiger partial charge in [-0.25, -0.2) is 0 Å². The standard InChI is InChI=1S/C18H33NO4/c1-4-5-6-7-8-9-10-11-12-18(22)23-16(15-19(2)3)13-14-17(20)21/h4,16H,1,5-15H2,2-3H3,(H,20,21)/t16-/m1/s1. The number of hydrogen-bond acceptors (Lipinski definition) is 4. The number of hydrogen-bond donors (Lipinski definition) is 1. The minimum Gasteiger partial charge on any atom is -0.481 e. The van der Waals surface area contributed by atoms with Crippen LogP contribution in [0.5, 0.6) is 0 Å². The Morgan fingerprint density at radius 1 is 1.09 bits per heavy atom. The van der Waals surface area contributed by atoms with Crippen LogP contribution in [-0.4, -0.2) is 48.7 Å². The molecular formula is C18H33NO4. The number of esters is 1. The first-order valence-corrected chi connectivity index (χ1v) is 8.62. The molecule has 0 aliphatic carbocycles. The topological polar surface area (TPSA) is 66.8 Å². The number of unbranched alkanes of at least 4 members (excludes halogenated alkanes) is 6. The maximum absolute atomic E-state index is 11.9. The summed E-state index contributed by atoms with van der Waals surface area (Å²) in [7, 11) is 3.77. The van der Waals surface area contributed by atoms with E-state index in [0.29, 0.717) is 19.4 Å². The summed E-state index contributed by atoms with van der Waals surface area (Å²) in [5, 5.41) is 8.75. The van der Waals surface area contributed by atoms with Crippen molar-refractivity contribution in [1.82, 2.24) is 4.90 Å². The Labute approximate surface area is 140 Å². The first-order valence-electron chi connectivity index (χ1n) is 8.62. The lowest BCUT2D eigenvalue weighted by Gasteiger charge is -2.21. The Bertz CT molecular complexity index is 342. The molecule has 0 aromatic heterocycles. The van der Waals surface area contributed by atoms with E-state index in [1.54, 1.807) is 0 Å². The van der Waals surface area contributed by atoms with Crippen LogP contribution in [-0.2, 0) is 14.3 Å². The van der Waals surface area contributed by atoms with E-state index in [4.69, 9.17) is 9.84 Å². The highest BCUT2D eigenvalue weighted by Gasteiger charge is 2.16. The number of nitrogens with zero attached hydrogens (tertiary/aromatic N) is 1. The molecule has 0 spiro atoms. The molecule has 0 unspecified atom stereocenters. The molecule has 0 heterocycles. The molecule has 0 aliphatic heterocycles. The van der Waals surface area contributed by atoms with Crippen LogP contribution in [0.3, 0.4) is 0 Å². The summed E-state index contributed by atoms with van der Waals surface area (Å²) in [6.45, 7) is 4.26. The number of allylic oxidation sites excluding steroid dienone is 1. The number of carbonyl (C=O) groups excluding carboxylic acids is 1. The molecule has 5 nitrogen and oxygen atoms in total. The van der Waals surface area contributed by atoms with Gasteiger partial charge in [0.15, 0.2) is 0 Å². The number of rotatable bonds is 15. The number of carboxylic acids is 1. The van der Waals surface area contributed by atoms with Crippen LogP contribution in [0, 0.1) is 0 Å². The highest BCUT2D eigenvalue weighted by atomic mass is 16.5. The second-order valence-electron chi connectivity index (χ2n) is 6.26. The fourth-order valence-electron chi connectivity index (χ4n) is 2.39. The summed E-state index contributed by atoms with van der Waals surface area (Å²) in [6.07, 6.45) is 10.1. The van der Waals surface area contributed by atoms with Gasteiger partial charge in [-0.15, -0.1) is 6.58 Å². The zero-order chi connectivity index (χ0) is 17.5. The largest absolute Gasteiger partial charge is 0.481 e. The third kappa shape index (κ3) is 15.3. The Balaban J connectivity index is 3.80. The first kappa shape index (κ1) is 21.6. The van der Waals surface area contributed by atoms with Gasteiger partial charge in [0.25, 0.3) is 0 Å². The van der Waals surface area contributed by atoms with Crippen molar-refractivity contribution < 1.29 is 19.4 Å². The van der Waals surface area contributed by atoms with Crippen LogP contribution in [0.1, 0.15) is 64.2 Å². The monoisotopic (exact) mass is 327 g/mol. The zero-order valence-electron chi connectivity index (χ0n) is 14.8. The number of aliphatic carboxylic acids is 1. The van der Waals surface area contributed by atoms with Crippen molar-refractivity contribution in [1.29, 1.82) is 0 Å². The van der Waals surface area contributed by atoms with Gasteiger partial charge in [-0.2, -0.15) is 0 Å². The van der Waals surface area contributed by atoms with Crippen LogP contribution in [0.4, 0.5) is 0 Å². The quantitative estimate of drug-likeness (QED) is 0.283. The van der Waals surface area contributed by atoms with E-state index in [9.17, 15) is 9.59 Å². The highest BCUT2D eigenvalue weighted by Crippen LogP contribution is 2.11. The summed E-state index contributed by atoms with van der Waals surface area (Å²) in [4.78, 5) is 24.4. The average molecular weight is 327 g/mol. The first-order chi connectivity index (χ1) is 11.0. The van der Waals surface area contributed by atoms with E-state index in [1.165, 1.54) is 19.3 Å². The lowest BCUT2D eigenvalue weighted by atomic mass is 10.1. The van der Waals surface area contributed by atoms with Gasteiger partial charge in [-0.05, 0) is 39.8 Å². The van der Waals surface area contributed by atoms with Crippen LogP contribution in [0.15, 0.2) is 12.7 Å². The Morgan fingerprint density at radius 2 is 1.70 bits per heavy atom. The van der Waals surface area contributed by atoms with Gasteiger partial charge in [0.2, 0.25) is 0 Å². The molecular weight excluding hydrogens is 294 g/mol. The van der Waals surface area contributed by atoms with Gasteiger partial charge in [0.1, 0.15) is 6.10 Å². The number of likely N-dealkylation sites (N-methyl/N-ethyl adjacent to an activating group) is 1. The Kier molecular flexibility index (Phi) is 13.4. The molecule has 0 aromatic rings. The summed E-state index contributed by atoms with van der Waals surface area (Å²) in [5.74, 6) is -1.07. The fraction of sp³-hybridized carbons (Fsp3) is 0.778. The summed E-state index contributed by atoms with van der Waals surface area (Å²) < 4.78 is 5.42. The second-order valence-corrected chi connectivity index (χ2v) is 6.26. The smallest absolute Gasteiger partial charge is 0.306 e. The fourth-order valence-corrected chi connectivity index (χ4v) is 2.39. The molecule has 0 saturated carbocycles. The van der Waals surface area contributed by atoms with E-state index in [-0.39, 0.29) is 18.5 Å². The van der Waals surface area contributed by atoms with Gasteiger partial charge < -0.3 is 14.7 Å². The normalized spacial score (nSPS) is 12.1. The molecule has 1 N–H and O–H groups in total. The van der Waals surface area contributed by atoms with Crippen LogP contribution < -0.4 is 0 Å². The molecule has 5 heteroatoms. The van der Waals surface area contributed by atoms with E-state index in [0.717, 1.165) is 25.7 Å². The maximum atomic E-state index is 11.9. The van der Waals surface area contributed by atoms with Crippen molar-refractivity contribution in [3.63, 3.8) is 0 Å². The minimum atomic E-state index is -0.860. The molecule has 0 rings (SSSR count).